The number of aliphatic hydroxyl groups excluding tert-OH is 1. The minimum absolute atomic E-state index is 0.157. The first kappa shape index (κ1) is 23.0. The summed E-state index contributed by atoms with van der Waals surface area (Å²) in [6, 6.07) is 32.5. The van der Waals surface area contributed by atoms with Gasteiger partial charge in [-0.1, -0.05) is 91.0 Å². The minimum atomic E-state index is -0.690. The molecule has 3 aromatic carbocycles. The first-order valence-electron chi connectivity index (χ1n) is 11.7. The molecule has 2 unspecified atom stereocenters. The Morgan fingerprint density at radius 1 is 0.857 bits per heavy atom. The Hall–Kier alpha value is -3.78. The molecule has 0 saturated carbocycles. The van der Waals surface area contributed by atoms with Crippen LogP contribution in [0.1, 0.15) is 22.9 Å². The van der Waals surface area contributed by atoms with Crippen molar-refractivity contribution >= 4 is 5.82 Å². The second-order valence-corrected chi connectivity index (χ2v) is 8.65. The lowest BCUT2D eigenvalue weighted by atomic mass is 9.75. The molecule has 5 rings (SSSR count). The Bertz CT molecular complexity index is 1220. The van der Waals surface area contributed by atoms with Gasteiger partial charge in [0, 0.05) is 19.3 Å². The summed E-state index contributed by atoms with van der Waals surface area (Å²) in [5.41, 5.74) is 7.78. The first-order valence-corrected chi connectivity index (χ1v) is 11.7. The number of nitrogens with zero attached hydrogens (tertiary/aromatic N) is 3. The monoisotopic (exact) mass is 468 g/mol. The van der Waals surface area contributed by atoms with Crippen LogP contribution in [0.25, 0.3) is 0 Å². The first-order chi connectivity index (χ1) is 17.1. The number of aliphatic hydroxyl groups is 1. The number of ether oxygens (including phenoxy) is 1. The molecule has 0 bridgehead atoms. The molecule has 7 nitrogen and oxygen atoms in total. The number of aromatic nitrogens is 2. The van der Waals surface area contributed by atoms with Crippen LogP contribution in [0.3, 0.4) is 0 Å². The van der Waals surface area contributed by atoms with Gasteiger partial charge < -0.3 is 15.6 Å². The SMILES string of the molecule is Nc1ccn(C2CN(C(c3ccccc3)(c3ccccc3)c3ccccc3)CC(CO)O2)c(=O)n1. The van der Waals surface area contributed by atoms with Gasteiger partial charge in [0.05, 0.1) is 18.2 Å². The van der Waals surface area contributed by atoms with Gasteiger partial charge in [0.25, 0.3) is 0 Å². The highest BCUT2D eigenvalue weighted by molar-refractivity contribution is 5.49. The Morgan fingerprint density at radius 2 is 1.37 bits per heavy atom. The van der Waals surface area contributed by atoms with Crippen LogP contribution >= 0.6 is 0 Å². The zero-order chi connectivity index (χ0) is 24.3. The molecule has 1 aliphatic heterocycles. The maximum Gasteiger partial charge on any atom is 0.351 e. The summed E-state index contributed by atoms with van der Waals surface area (Å²) in [7, 11) is 0. The quantitative estimate of drug-likeness (QED) is 0.423. The van der Waals surface area contributed by atoms with Crippen molar-refractivity contribution in [1.82, 2.24) is 14.5 Å². The molecule has 178 valence electrons. The van der Waals surface area contributed by atoms with Crippen LogP contribution in [0.5, 0.6) is 0 Å². The number of nitrogens with two attached hydrogens (primary N) is 1. The Labute approximate surface area is 204 Å². The molecule has 1 saturated heterocycles. The zero-order valence-electron chi connectivity index (χ0n) is 19.3. The molecular formula is C28H28N4O3. The summed E-state index contributed by atoms with van der Waals surface area (Å²) < 4.78 is 7.61. The zero-order valence-corrected chi connectivity index (χ0v) is 19.3. The topological polar surface area (TPSA) is 93.6 Å². The number of nitrogen functional groups attached to an aromatic ring is 1. The van der Waals surface area contributed by atoms with Gasteiger partial charge in [-0.15, -0.1) is 0 Å². The normalized spacial score (nSPS) is 18.9. The summed E-state index contributed by atoms with van der Waals surface area (Å²) in [5, 5.41) is 10.2. The van der Waals surface area contributed by atoms with Crippen LogP contribution < -0.4 is 11.4 Å². The predicted molar refractivity (Wildman–Crippen MR) is 135 cm³/mol. The van der Waals surface area contributed by atoms with Crippen molar-refractivity contribution in [2.45, 2.75) is 17.9 Å². The van der Waals surface area contributed by atoms with E-state index in [1.807, 2.05) is 54.6 Å². The molecule has 3 N–H and O–H groups in total. The van der Waals surface area contributed by atoms with Crippen molar-refractivity contribution < 1.29 is 9.84 Å². The lowest BCUT2D eigenvalue weighted by Gasteiger charge is -2.50. The second-order valence-electron chi connectivity index (χ2n) is 8.65. The molecule has 4 aromatic rings. The summed E-state index contributed by atoms with van der Waals surface area (Å²) in [6.07, 6.45) is 0.438. The largest absolute Gasteiger partial charge is 0.394 e. The van der Waals surface area contributed by atoms with E-state index >= 15 is 0 Å². The third-order valence-corrected chi connectivity index (χ3v) is 6.56. The minimum Gasteiger partial charge on any atom is -0.394 e. The van der Waals surface area contributed by atoms with E-state index in [-0.39, 0.29) is 12.4 Å². The van der Waals surface area contributed by atoms with Gasteiger partial charge in [-0.25, -0.2) is 4.79 Å². The number of anilines is 1. The van der Waals surface area contributed by atoms with Gasteiger partial charge in [-0.05, 0) is 22.8 Å². The number of morpholine rings is 1. The van der Waals surface area contributed by atoms with E-state index in [0.717, 1.165) is 16.7 Å². The van der Waals surface area contributed by atoms with E-state index in [4.69, 9.17) is 10.5 Å². The van der Waals surface area contributed by atoms with Gasteiger partial charge >= 0.3 is 5.69 Å². The molecule has 0 spiro atoms. The fraction of sp³-hybridized carbons (Fsp3) is 0.214. The van der Waals surface area contributed by atoms with Crippen molar-refractivity contribution in [2.24, 2.45) is 0 Å². The number of rotatable bonds is 6. The fourth-order valence-corrected chi connectivity index (χ4v) is 5.08. The molecule has 0 amide bonds. The second kappa shape index (κ2) is 9.84. The van der Waals surface area contributed by atoms with Crippen molar-refractivity contribution in [3.8, 4) is 0 Å². The molecule has 1 aliphatic rings. The van der Waals surface area contributed by atoms with Crippen LogP contribution in [0.4, 0.5) is 5.82 Å². The summed E-state index contributed by atoms with van der Waals surface area (Å²) in [5.74, 6) is 0.157. The molecule has 0 radical (unpaired) electrons. The highest BCUT2D eigenvalue weighted by atomic mass is 16.5. The van der Waals surface area contributed by atoms with Crippen LogP contribution in [0.15, 0.2) is 108 Å². The summed E-state index contributed by atoms with van der Waals surface area (Å²) in [6.45, 7) is 0.669. The van der Waals surface area contributed by atoms with E-state index in [1.165, 1.54) is 4.57 Å². The highest BCUT2D eigenvalue weighted by Gasteiger charge is 2.46. The Balaban J connectivity index is 1.73. The summed E-state index contributed by atoms with van der Waals surface area (Å²) in [4.78, 5) is 18.9. The third kappa shape index (κ3) is 4.25. The molecule has 2 atom stereocenters. The van der Waals surface area contributed by atoms with Crippen LogP contribution in [-0.2, 0) is 10.3 Å². The van der Waals surface area contributed by atoms with Crippen LogP contribution in [-0.4, -0.2) is 45.4 Å². The van der Waals surface area contributed by atoms with Crippen molar-refractivity contribution in [3.05, 3.63) is 130 Å². The molecule has 0 aliphatic carbocycles. The average Bonchev–Trinajstić information content (AvgIpc) is 2.91. The molecular weight excluding hydrogens is 440 g/mol. The fourth-order valence-electron chi connectivity index (χ4n) is 5.08. The molecule has 1 fully saturated rings. The van der Waals surface area contributed by atoms with Gasteiger partial charge in [0.2, 0.25) is 0 Å². The highest BCUT2D eigenvalue weighted by Crippen LogP contribution is 2.44. The van der Waals surface area contributed by atoms with Crippen LogP contribution in [0.2, 0.25) is 0 Å². The lowest BCUT2D eigenvalue weighted by Crippen LogP contribution is -2.58. The van der Waals surface area contributed by atoms with Gasteiger partial charge in [-0.3, -0.25) is 9.47 Å². The number of hydrogen-bond acceptors (Lipinski definition) is 6. The Kier molecular flexibility index (Phi) is 6.46. The number of benzene rings is 3. The van der Waals surface area contributed by atoms with Crippen molar-refractivity contribution in [3.63, 3.8) is 0 Å². The maximum absolute atomic E-state index is 12.7. The molecule has 7 heteroatoms. The van der Waals surface area contributed by atoms with Crippen LogP contribution in [0, 0.1) is 0 Å². The average molecular weight is 469 g/mol. The van der Waals surface area contributed by atoms with Gasteiger partial charge in [-0.2, -0.15) is 4.98 Å². The molecule has 35 heavy (non-hydrogen) atoms. The lowest BCUT2D eigenvalue weighted by molar-refractivity contribution is -0.150. The van der Waals surface area contributed by atoms with E-state index in [9.17, 15) is 9.90 Å². The van der Waals surface area contributed by atoms with Crippen molar-refractivity contribution in [2.75, 3.05) is 25.4 Å². The van der Waals surface area contributed by atoms with Gasteiger partial charge in [0.1, 0.15) is 5.82 Å². The Morgan fingerprint density at radius 3 is 1.83 bits per heavy atom. The number of hydrogen-bond donors (Lipinski definition) is 2. The van der Waals surface area contributed by atoms with Gasteiger partial charge in [0.15, 0.2) is 6.23 Å². The maximum atomic E-state index is 12.7. The van der Waals surface area contributed by atoms with E-state index in [0.29, 0.717) is 13.1 Å². The van der Waals surface area contributed by atoms with E-state index in [1.54, 1.807) is 12.3 Å². The molecule has 2 heterocycles. The van der Waals surface area contributed by atoms with E-state index in [2.05, 4.69) is 46.3 Å². The van der Waals surface area contributed by atoms with E-state index < -0.39 is 23.6 Å². The van der Waals surface area contributed by atoms with Crippen molar-refractivity contribution in [1.29, 1.82) is 0 Å². The standard InChI is InChI=1S/C28H28N4O3/c29-25-16-17-32(27(34)30-25)26-19-31(18-24(20-33)35-26)28(21-10-4-1-5-11-21,22-12-6-2-7-13-22)23-14-8-3-9-15-23/h1-17,24,26,33H,18-20H2,(H2,29,30,34). The summed E-state index contributed by atoms with van der Waals surface area (Å²) >= 11 is 0. The molecule has 1 aromatic heterocycles. The predicted octanol–water partition coefficient (Wildman–Crippen LogP) is 3.01. The third-order valence-electron chi connectivity index (χ3n) is 6.56. The smallest absolute Gasteiger partial charge is 0.351 e.